The van der Waals surface area contributed by atoms with Gasteiger partial charge in [0.1, 0.15) is 5.25 Å². The molecule has 0 fully saturated rings. The Morgan fingerprint density at radius 1 is 1.00 bits per heavy atom. The summed E-state index contributed by atoms with van der Waals surface area (Å²) in [5, 5.41) is 15.5. The van der Waals surface area contributed by atoms with Gasteiger partial charge in [0.15, 0.2) is 6.20 Å². The molecule has 26 heavy (non-hydrogen) atoms. The van der Waals surface area contributed by atoms with Crippen LogP contribution in [0.3, 0.4) is 0 Å². The number of hydrogen-bond acceptors (Lipinski definition) is 3. The van der Waals surface area contributed by atoms with E-state index in [-0.39, 0.29) is 5.91 Å². The van der Waals surface area contributed by atoms with E-state index in [0.29, 0.717) is 20.8 Å². The predicted molar refractivity (Wildman–Crippen MR) is 106 cm³/mol. The summed E-state index contributed by atoms with van der Waals surface area (Å²) in [5.74, 6) is -0.275. The fourth-order valence-electron chi connectivity index (χ4n) is 2.36. The molecule has 1 unspecified atom stereocenters. The van der Waals surface area contributed by atoms with Crippen molar-refractivity contribution in [1.82, 2.24) is 0 Å². The van der Waals surface area contributed by atoms with Gasteiger partial charge in [0.05, 0.1) is 0 Å². The lowest BCUT2D eigenvalue weighted by Gasteiger charge is -2.16. The van der Waals surface area contributed by atoms with Crippen molar-refractivity contribution in [3.8, 4) is 0 Å². The maximum Gasteiger partial charge on any atom is 0.252 e. The first kappa shape index (κ1) is 18.6. The average Bonchev–Trinajstić information content (AvgIpc) is 2.60. The van der Waals surface area contributed by atoms with Gasteiger partial charge in [-0.15, -0.1) is 0 Å². The van der Waals surface area contributed by atoms with E-state index in [9.17, 15) is 10.0 Å². The number of halogens is 2. The van der Waals surface area contributed by atoms with Crippen LogP contribution < -0.4 is 10.0 Å². The third-order valence-electron chi connectivity index (χ3n) is 3.50. The van der Waals surface area contributed by atoms with Gasteiger partial charge >= 0.3 is 0 Å². The zero-order chi connectivity index (χ0) is 18.5. The van der Waals surface area contributed by atoms with E-state index in [0.717, 1.165) is 10.3 Å². The van der Waals surface area contributed by atoms with Gasteiger partial charge in [0.2, 0.25) is 5.91 Å². The van der Waals surface area contributed by atoms with Crippen LogP contribution in [0.4, 0.5) is 5.69 Å². The molecule has 0 aliphatic heterocycles. The summed E-state index contributed by atoms with van der Waals surface area (Å²) >= 11 is 13.2. The first-order valence-electron chi connectivity index (χ1n) is 7.70. The Balaban J connectivity index is 1.90. The van der Waals surface area contributed by atoms with Gasteiger partial charge in [-0.05, 0) is 41.6 Å². The third-order valence-corrected chi connectivity index (χ3v) is 5.21. The molecular weight excluding hydrogens is 391 g/mol. The van der Waals surface area contributed by atoms with E-state index in [1.807, 2.05) is 30.3 Å². The fraction of sp³-hybridized carbons (Fsp3) is 0.0526. The van der Waals surface area contributed by atoms with Crippen molar-refractivity contribution in [3.05, 3.63) is 93.7 Å². The summed E-state index contributed by atoms with van der Waals surface area (Å²) in [4.78, 5) is 12.9. The Kier molecular flexibility index (Phi) is 6.04. The van der Waals surface area contributed by atoms with Crippen molar-refractivity contribution in [1.29, 1.82) is 0 Å². The molecule has 0 radical (unpaired) electrons. The lowest BCUT2D eigenvalue weighted by atomic mass is 10.1. The second-order valence-electron chi connectivity index (χ2n) is 5.42. The highest BCUT2D eigenvalue weighted by atomic mass is 35.5. The van der Waals surface area contributed by atoms with Crippen molar-refractivity contribution in [3.63, 3.8) is 0 Å². The maximum atomic E-state index is 12.9. The number of carbonyl (C=O) groups excluding carboxylic acids is 1. The van der Waals surface area contributed by atoms with Crippen molar-refractivity contribution in [2.45, 2.75) is 10.3 Å². The van der Waals surface area contributed by atoms with Gasteiger partial charge in [-0.2, -0.15) is 4.73 Å². The van der Waals surface area contributed by atoms with Crippen LogP contribution in [0.2, 0.25) is 10.0 Å². The zero-order valence-corrected chi connectivity index (χ0v) is 15.8. The largest absolute Gasteiger partial charge is 0.618 e. The summed E-state index contributed by atoms with van der Waals surface area (Å²) in [6, 6.07) is 19.2. The number of nitrogens with zero attached hydrogens (tertiary/aromatic N) is 1. The first-order valence-corrected chi connectivity index (χ1v) is 9.33. The molecule has 0 aliphatic carbocycles. The highest BCUT2D eigenvalue weighted by molar-refractivity contribution is 8.00. The smallest absolute Gasteiger partial charge is 0.252 e. The van der Waals surface area contributed by atoms with Crippen molar-refractivity contribution in [2.24, 2.45) is 0 Å². The third kappa shape index (κ3) is 4.69. The Morgan fingerprint density at radius 3 is 2.31 bits per heavy atom. The van der Waals surface area contributed by atoms with Crippen LogP contribution in [-0.2, 0) is 4.79 Å². The van der Waals surface area contributed by atoms with Crippen molar-refractivity contribution in [2.75, 3.05) is 5.32 Å². The molecule has 1 atom stereocenters. The number of carbonyl (C=O) groups is 1. The monoisotopic (exact) mass is 404 g/mol. The summed E-state index contributed by atoms with van der Waals surface area (Å²) < 4.78 is 0.740. The van der Waals surface area contributed by atoms with Crippen molar-refractivity contribution < 1.29 is 9.52 Å². The lowest BCUT2D eigenvalue weighted by molar-refractivity contribution is -0.645. The molecular formula is C19H14Cl2N2O2S. The normalized spacial score (nSPS) is 11.8. The van der Waals surface area contributed by atoms with Gasteiger partial charge in [-0.3, -0.25) is 4.79 Å². The number of hydrogen-bond donors (Lipinski definition) is 1. The Morgan fingerprint density at radius 2 is 1.65 bits per heavy atom. The molecule has 0 saturated carbocycles. The number of thioether (sulfide) groups is 1. The van der Waals surface area contributed by atoms with Gasteiger partial charge < -0.3 is 10.5 Å². The first-order chi connectivity index (χ1) is 12.5. The number of anilines is 1. The van der Waals surface area contributed by atoms with Crippen LogP contribution in [0.5, 0.6) is 0 Å². The van der Waals surface area contributed by atoms with E-state index in [4.69, 9.17) is 23.2 Å². The summed E-state index contributed by atoms with van der Waals surface area (Å²) in [6.45, 7) is 0. The van der Waals surface area contributed by atoms with Crippen LogP contribution in [0.1, 0.15) is 10.8 Å². The van der Waals surface area contributed by atoms with Gasteiger partial charge in [0, 0.05) is 27.9 Å². The second kappa shape index (κ2) is 8.45. The molecule has 0 bridgehead atoms. The number of rotatable bonds is 5. The van der Waals surface area contributed by atoms with E-state index < -0.39 is 5.25 Å². The Hall–Kier alpha value is -2.21. The highest BCUT2D eigenvalue weighted by Gasteiger charge is 2.25. The Labute approximate surface area is 165 Å². The molecule has 0 saturated heterocycles. The molecule has 3 rings (SSSR count). The minimum atomic E-state index is -0.614. The molecule has 0 spiro atoms. The number of amides is 1. The average molecular weight is 405 g/mol. The van der Waals surface area contributed by atoms with Crippen LogP contribution >= 0.6 is 35.0 Å². The second-order valence-corrected chi connectivity index (χ2v) is 7.42. The number of aromatic nitrogens is 1. The molecule has 1 aromatic heterocycles. The molecule has 3 aromatic rings. The van der Waals surface area contributed by atoms with E-state index >= 15 is 0 Å². The molecule has 1 heterocycles. The minimum absolute atomic E-state index is 0.275. The lowest BCUT2D eigenvalue weighted by Crippen LogP contribution is -2.29. The SMILES string of the molecule is O=C(Nc1cc(Cl)cc(Cl)c1)C(Sc1cccc[n+]1[O-])c1ccccc1. The highest BCUT2D eigenvalue weighted by Crippen LogP contribution is 2.35. The number of benzene rings is 2. The summed E-state index contributed by atoms with van der Waals surface area (Å²) in [5.41, 5.74) is 1.28. The van der Waals surface area contributed by atoms with E-state index in [2.05, 4.69) is 5.32 Å². The number of nitrogens with one attached hydrogen (secondary N) is 1. The standard InChI is InChI=1S/C19H14Cl2N2O2S/c20-14-10-15(21)12-16(11-14)22-19(24)18(13-6-2-1-3-7-13)26-17-8-4-5-9-23(17)25/h1-12,18H,(H,22,24). The summed E-state index contributed by atoms with van der Waals surface area (Å²) in [7, 11) is 0. The predicted octanol–water partition coefficient (Wildman–Crippen LogP) is 5.10. The zero-order valence-electron chi connectivity index (χ0n) is 13.4. The van der Waals surface area contributed by atoms with Crippen molar-refractivity contribution >= 4 is 46.6 Å². The molecule has 132 valence electrons. The number of pyridine rings is 1. The molecule has 1 amide bonds. The van der Waals surface area contributed by atoms with Gasteiger partial charge in [-0.1, -0.05) is 53.5 Å². The molecule has 7 heteroatoms. The molecule has 1 N–H and O–H groups in total. The quantitative estimate of drug-likeness (QED) is 0.365. The van der Waals surface area contributed by atoms with Crippen LogP contribution in [0.15, 0.2) is 78.0 Å². The van der Waals surface area contributed by atoms with Crippen LogP contribution in [0.25, 0.3) is 0 Å². The van der Waals surface area contributed by atoms with E-state index in [1.165, 1.54) is 18.0 Å². The molecule has 4 nitrogen and oxygen atoms in total. The molecule has 2 aromatic carbocycles. The summed E-state index contributed by atoms with van der Waals surface area (Å²) in [6.07, 6.45) is 1.40. The fourth-order valence-corrected chi connectivity index (χ4v) is 3.91. The van der Waals surface area contributed by atoms with Gasteiger partial charge in [-0.25, -0.2) is 0 Å². The minimum Gasteiger partial charge on any atom is -0.618 e. The topological polar surface area (TPSA) is 56.0 Å². The molecule has 0 aliphatic rings. The van der Waals surface area contributed by atoms with Crippen LogP contribution in [0, 0.1) is 5.21 Å². The van der Waals surface area contributed by atoms with Gasteiger partial charge in [0.25, 0.3) is 5.03 Å². The van der Waals surface area contributed by atoms with Crippen LogP contribution in [-0.4, -0.2) is 5.91 Å². The Bertz CT molecular complexity index is 902. The maximum absolute atomic E-state index is 12.9. The van der Waals surface area contributed by atoms with E-state index in [1.54, 1.807) is 36.4 Å².